The van der Waals surface area contributed by atoms with Gasteiger partial charge in [0.25, 0.3) is 5.91 Å². The lowest BCUT2D eigenvalue weighted by atomic mass is 9.92. The minimum Gasteiger partial charge on any atom is -0.363 e. The molecule has 0 aliphatic heterocycles. The van der Waals surface area contributed by atoms with Crippen molar-refractivity contribution >= 4 is 22.4 Å². The van der Waals surface area contributed by atoms with Crippen LogP contribution in [0.2, 0.25) is 0 Å². The molecule has 1 heterocycles. The van der Waals surface area contributed by atoms with Crippen molar-refractivity contribution in [1.29, 1.82) is 0 Å². The summed E-state index contributed by atoms with van der Waals surface area (Å²) in [6.45, 7) is 7.09. The van der Waals surface area contributed by atoms with Gasteiger partial charge in [0.15, 0.2) is 0 Å². The van der Waals surface area contributed by atoms with E-state index >= 15 is 0 Å². The first-order valence-electron chi connectivity index (χ1n) is 5.22. The molecule has 1 amide bonds. The normalized spacial score (nSPS) is 11.2. The third-order valence-electron chi connectivity index (χ3n) is 1.99. The molecule has 0 spiro atoms. The van der Waals surface area contributed by atoms with Crippen molar-refractivity contribution in [2.24, 2.45) is 5.41 Å². The van der Waals surface area contributed by atoms with Gasteiger partial charge >= 0.3 is 0 Å². The molecule has 0 saturated heterocycles. The van der Waals surface area contributed by atoms with Crippen LogP contribution < -0.4 is 10.6 Å². The average Bonchev–Trinajstić information content (AvgIpc) is 2.63. The van der Waals surface area contributed by atoms with E-state index in [1.54, 1.807) is 7.05 Å². The minimum atomic E-state index is -0.150. The smallest absolute Gasteiger partial charge is 0.282 e. The monoisotopic (exact) mass is 242 g/mol. The van der Waals surface area contributed by atoms with Gasteiger partial charge in [-0.1, -0.05) is 32.1 Å². The largest absolute Gasteiger partial charge is 0.363 e. The highest BCUT2D eigenvalue weighted by atomic mass is 32.1. The molecule has 5 nitrogen and oxygen atoms in total. The second kappa shape index (κ2) is 5.25. The Morgan fingerprint density at radius 1 is 1.38 bits per heavy atom. The summed E-state index contributed by atoms with van der Waals surface area (Å²) in [4.78, 5) is 11.6. The molecule has 0 radical (unpaired) electrons. The molecule has 2 N–H and O–H groups in total. The summed E-state index contributed by atoms with van der Waals surface area (Å²) in [5.41, 5.74) is 0.227. The molecule has 16 heavy (non-hydrogen) atoms. The van der Waals surface area contributed by atoms with E-state index in [4.69, 9.17) is 0 Å². The molecule has 0 bridgehead atoms. The predicted octanol–water partition coefficient (Wildman–Crippen LogP) is 1.75. The topological polar surface area (TPSA) is 66.9 Å². The molecule has 0 aliphatic rings. The molecule has 0 aliphatic carbocycles. The van der Waals surface area contributed by atoms with Gasteiger partial charge < -0.3 is 10.6 Å². The van der Waals surface area contributed by atoms with Crippen molar-refractivity contribution in [3.63, 3.8) is 0 Å². The number of carbonyl (C=O) groups excluding carboxylic acids is 1. The van der Waals surface area contributed by atoms with Crippen LogP contribution in [-0.4, -0.2) is 29.7 Å². The number of hydrogen-bond acceptors (Lipinski definition) is 5. The molecule has 0 saturated carbocycles. The molecule has 1 aromatic rings. The predicted molar refractivity (Wildman–Crippen MR) is 65.9 cm³/mol. The molecule has 6 heteroatoms. The SMILES string of the molecule is CNc1nnc(C(=O)NCCC(C)(C)C)s1. The fourth-order valence-corrected chi connectivity index (χ4v) is 1.66. The fourth-order valence-electron chi connectivity index (χ4n) is 1.04. The first-order valence-corrected chi connectivity index (χ1v) is 6.03. The summed E-state index contributed by atoms with van der Waals surface area (Å²) in [6, 6.07) is 0. The van der Waals surface area contributed by atoms with Crippen LogP contribution in [0.3, 0.4) is 0 Å². The van der Waals surface area contributed by atoms with E-state index in [1.165, 1.54) is 11.3 Å². The van der Waals surface area contributed by atoms with Crippen LogP contribution in [0, 0.1) is 5.41 Å². The second-order valence-corrected chi connectivity index (χ2v) is 5.71. The lowest BCUT2D eigenvalue weighted by Crippen LogP contribution is -2.27. The number of rotatable bonds is 4. The summed E-state index contributed by atoms with van der Waals surface area (Å²) in [7, 11) is 1.75. The summed E-state index contributed by atoms with van der Waals surface area (Å²) in [5, 5.41) is 14.3. The highest BCUT2D eigenvalue weighted by molar-refractivity contribution is 7.17. The first-order chi connectivity index (χ1) is 7.42. The van der Waals surface area contributed by atoms with Gasteiger partial charge in [0.1, 0.15) is 0 Å². The molecule has 0 fully saturated rings. The third-order valence-corrected chi connectivity index (χ3v) is 2.93. The van der Waals surface area contributed by atoms with Crippen LogP contribution >= 0.6 is 11.3 Å². The van der Waals surface area contributed by atoms with Crippen LogP contribution in [0.5, 0.6) is 0 Å². The lowest BCUT2D eigenvalue weighted by Gasteiger charge is -2.17. The third kappa shape index (κ3) is 4.14. The quantitative estimate of drug-likeness (QED) is 0.844. The van der Waals surface area contributed by atoms with Crippen molar-refractivity contribution in [1.82, 2.24) is 15.5 Å². The summed E-state index contributed by atoms with van der Waals surface area (Å²) >= 11 is 1.25. The maximum Gasteiger partial charge on any atom is 0.282 e. The standard InChI is InChI=1S/C10H18N4OS/c1-10(2,3)5-6-12-7(15)8-13-14-9(11-4)16-8/h5-6H2,1-4H3,(H,11,14)(H,12,15). The summed E-state index contributed by atoms with van der Waals surface area (Å²) in [5.74, 6) is -0.150. The highest BCUT2D eigenvalue weighted by Gasteiger charge is 2.14. The Kier molecular flexibility index (Phi) is 4.23. The van der Waals surface area contributed by atoms with Gasteiger partial charge in [-0.2, -0.15) is 0 Å². The van der Waals surface area contributed by atoms with Crippen molar-refractivity contribution in [3.8, 4) is 0 Å². The fraction of sp³-hybridized carbons (Fsp3) is 0.700. The van der Waals surface area contributed by atoms with Crippen molar-refractivity contribution in [2.45, 2.75) is 27.2 Å². The zero-order valence-electron chi connectivity index (χ0n) is 10.1. The van der Waals surface area contributed by atoms with Crippen LogP contribution in [0.4, 0.5) is 5.13 Å². The van der Waals surface area contributed by atoms with Crippen molar-refractivity contribution in [2.75, 3.05) is 18.9 Å². The van der Waals surface area contributed by atoms with Crippen LogP contribution in [0.15, 0.2) is 0 Å². The van der Waals surface area contributed by atoms with E-state index in [0.717, 1.165) is 6.42 Å². The van der Waals surface area contributed by atoms with Crippen LogP contribution in [0.1, 0.15) is 37.0 Å². The summed E-state index contributed by atoms with van der Waals surface area (Å²) in [6.07, 6.45) is 0.941. The molecule has 90 valence electrons. The van der Waals surface area contributed by atoms with E-state index in [9.17, 15) is 4.79 Å². The highest BCUT2D eigenvalue weighted by Crippen LogP contribution is 2.17. The molecular formula is C10H18N4OS. The zero-order chi connectivity index (χ0) is 12.2. The minimum absolute atomic E-state index is 0.150. The maximum atomic E-state index is 11.6. The zero-order valence-corrected chi connectivity index (χ0v) is 10.9. The van der Waals surface area contributed by atoms with E-state index < -0.39 is 0 Å². The van der Waals surface area contributed by atoms with Crippen molar-refractivity contribution in [3.05, 3.63) is 5.01 Å². The first kappa shape index (κ1) is 12.9. The number of nitrogens with zero attached hydrogens (tertiary/aromatic N) is 2. The molecular weight excluding hydrogens is 224 g/mol. The van der Waals surface area contributed by atoms with Gasteiger partial charge in [0.05, 0.1) is 0 Å². The van der Waals surface area contributed by atoms with E-state index in [-0.39, 0.29) is 11.3 Å². The van der Waals surface area contributed by atoms with Gasteiger partial charge in [-0.25, -0.2) is 0 Å². The molecule has 0 aromatic carbocycles. The Morgan fingerprint density at radius 2 is 2.06 bits per heavy atom. The van der Waals surface area contributed by atoms with Crippen LogP contribution in [-0.2, 0) is 0 Å². The number of amides is 1. The van der Waals surface area contributed by atoms with Gasteiger partial charge in [-0.05, 0) is 11.8 Å². The lowest BCUT2D eigenvalue weighted by molar-refractivity contribution is 0.0948. The molecule has 1 aromatic heterocycles. The number of carbonyl (C=O) groups is 1. The average molecular weight is 242 g/mol. The second-order valence-electron chi connectivity index (χ2n) is 4.73. The maximum absolute atomic E-state index is 11.6. The van der Waals surface area contributed by atoms with E-state index in [1.807, 2.05) is 0 Å². The van der Waals surface area contributed by atoms with Gasteiger partial charge in [0.2, 0.25) is 10.1 Å². The van der Waals surface area contributed by atoms with E-state index in [2.05, 4.69) is 41.6 Å². The number of anilines is 1. The van der Waals surface area contributed by atoms with E-state index in [0.29, 0.717) is 16.7 Å². The Balaban J connectivity index is 2.41. The Morgan fingerprint density at radius 3 is 2.56 bits per heavy atom. The number of nitrogens with one attached hydrogen (secondary N) is 2. The van der Waals surface area contributed by atoms with Gasteiger partial charge in [-0.3, -0.25) is 4.79 Å². The van der Waals surface area contributed by atoms with Crippen LogP contribution in [0.25, 0.3) is 0 Å². The molecule has 0 atom stereocenters. The van der Waals surface area contributed by atoms with Crippen molar-refractivity contribution < 1.29 is 4.79 Å². The number of aromatic nitrogens is 2. The Hall–Kier alpha value is -1.17. The summed E-state index contributed by atoms with van der Waals surface area (Å²) < 4.78 is 0. The van der Waals surface area contributed by atoms with Gasteiger partial charge in [0, 0.05) is 13.6 Å². The molecule has 1 rings (SSSR count). The number of hydrogen-bond donors (Lipinski definition) is 2. The van der Waals surface area contributed by atoms with Gasteiger partial charge in [-0.15, -0.1) is 10.2 Å². The Labute approximate surface area is 99.7 Å². The molecule has 0 unspecified atom stereocenters. The Bertz CT molecular complexity index is 356.